The molecule has 0 aromatic rings. The molecule has 84 valence electrons. The first-order valence-corrected chi connectivity index (χ1v) is 4.94. The number of Topliss-reactive ketones (excluding diaryl/α,β-unsaturated/α-hetero) is 2. The second-order valence-electron chi connectivity index (χ2n) is 3.37. The quantitative estimate of drug-likeness (QED) is 0.639. The van der Waals surface area contributed by atoms with Crippen LogP contribution in [0.15, 0.2) is 12.2 Å². The monoisotopic (exact) mass is 211 g/mol. The van der Waals surface area contributed by atoms with Gasteiger partial charge in [0.05, 0.1) is 6.54 Å². The average Bonchev–Trinajstić information content (AvgIpc) is 2.21. The van der Waals surface area contributed by atoms with Gasteiger partial charge >= 0.3 is 0 Å². The molecule has 0 heterocycles. The zero-order valence-electron chi connectivity index (χ0n) is 9.26. The van der Waals surface area contributed by atoms with Gasteiger partial charge in [-0.05, 0) is 12.5 Å². The molecule has 0 saturated heterocycles. The van der Waals surface area contributed by atoms with Crippen molar-refractivity contribution in [1.82, 2.24) is 5.32 Å². The van der Waals surface area contributed by atoms with Crippen molar-refractivity contribution in [3.63, 3.8) is 0 Å². The lowest BCUT2D eigenvalue weighted by Crippen LogP contribution is -2.29. The molecule has 0 spiro atoms. The number of amides is 1. The molecule has 0 fully saturated rings. The summed E-state index contributed by atoms with van der Waals surface area (Å²) in [5, 5.41) is 2.46. The summed E-state index contributed by atoms with van der Waals surface area (Å²) in [5.74, 6) is -0.409. The van der Waals surface area contributed by atoms with Crippen molar-refractivity contribution in [2.45, 2.75) is 33.1 Å². The molecule has 0 aromatic heterocycles. The minimum absolute atomic E-state index is 0.0189. The lowest BCUT2D eigenvalue weighted by Gasteiger charge is -2.02. The van der Waals surface area contributed by atoms with E-state index in [1.165, 1.54) is 0 Å². The third kappa shape index (κ3) is 6.60. The highest BCUT2D eigenvalue weighted by atomic mass is 16.2. The molecule has 0 rings (SSSR count). The van der Waals surface area contributed by atoms with Crippen LogP contribution in [0.3, 0.4) is 0 Å². The van der Waals surface area contributed by atoms with Crippen molar-refractivity contribution >= 4 is 17.5 Å². The van der Waals surface area contributed by atoms with Gasteiger partial charge in [0.25, 0.3) is 0 Å². The van der Waals surface area contributed by atoms with Crippen molar-refractivity contribution in [2.75, 3.05) is 6.54 Å². The third-order valence-electron chi connectivity index (χ3n) is 1.93. The minimum atomic E-state index is -0.272. The van der Waals surface area contributed by atoms with Crippen LogP contribution in [-0.2, 0) is 14.4 Å². The van der Waals surface area contributed by atoms with Crippen LogP contribution in [0.25, 0.3) is 0 Å². The fourth-order valence-corrected chi connectivity index (χ4v) is 0.851. The second kappa shape index (κ2) is 6.92. The summed E-state index contributed by atoms with van der Waals surface area (Å²) < 4.78 is 0. The van der Waals surface area contributed by atoms with Gasteiger partial charge in [-0.15, -0.1) is 0 Å². The Morgan fingerprint density at radius 3 is 2.27 bits per heavy atom. The molecule has 0 unspecified atom stereocenters. The Hall–Kier alpha value is -1.45. The molecular formula is C11H17NO3. The average molecular weight is 211 g/mol. The maximum atomic E-state index is 11.1. The fourth-order valence-electron chi connectivity index (χ4n) is 0.851. The van der Waals surface area contributed by atoms with Gasteiger partial charge in [-0.1, -0.05) is 13.5 Å². The maximum absolute atomic E-state index is 11.1. The molecule has 0 aromatic carbocycles. The Balaban J connectivity index is 3.71. The van der Waals surface area contributed by atoms with Crippen molar-refractivity contribution in [1.29, 1.82) is 0 Å². The second-order valence-corrected chi connectivity index (χ2v) is 3.37. The minimum Gasteiger partial charge on any atom is -0.349 e. The molecular weight excluding hydrogens is 194 g/mol. The van der Waals surface area contributed by atoms with Crippen LogP contribution in [0.1, 0.15) is 33.1 Å². The smallest absolute Gasteiger partial charge is 0.220 e. The van der Waals surface area contributed by atoms with Crippen LogP contribution < -0.4 is 5.32 Å². The first-order chi connectivity index (χ1) is 6.97. The van der Waals surface area contributed by atoms with Gasteiger partial charge in [-0.2, -0.15) is 0 Å². The molecule has 0 saturated carbocycles. The van der Waals surface area contributed by atoms with Crippen LogP contribution in [0, 0.1) is 0 Å². The van der Waals surface area contributed by atoms with Gasteiger partial charge in [-0.3, -0.25) is 14.4 Å². The summed E-state index contributed by atoms with van der Waals surface area (Å²) in [5.41, 5.74) is 0.451. The number of ketones is 2. The summed E-state index contributed by atoms with van der Waals surface area (Å²) in [6, 6.07) is 0. The van der Waals surface area contributed by atoms with Crippen molar-refractivity contribution < 1.29 is 14.4 Å². The number of hydrogen-bond donors (Lipinski definition) is 1. The van der Waals surface area contributed by atoms with E-state index in [-0.39, 0.29) is 36.9 Å². The number of rotatable bonds is 7. The molecule has 0 radical (unpaired) electrons. The van der Waals surface area contributed by atoms with E-state index in [9.17, 15) is 14.4 Å². The molecule has 1 N–H and O–H groups in total. The standard InChI is InChI=1S/C11H17NO3/c1-4-9(13)7-12-11(15)6-5-10(14)8(2)3/h2,4-7H2,1,3H3,(H,12,15). The molecule has 0 aliphatic carbocycles. The Morgan fingerprint density at radius 2 is 1.80 bits per heavy atom. The largest absolute Gasteiger partial charge is 0.349 e. The Kier molecular flexibility index (Phi) is 6.25. The van der Waals surface area contributed by atoms with Crippen LogP contribution in [0.5, 0.6) is 0 Å². The van der Waals surface area contributed by atoms with E-state index in [2.05, 4.69) is 11.9 Å². The first kappa shape index (κ1) is 13.5. The van der Waals surface area contributed by atoms with Gasteiger partial charge in [0.2, 0.25) is 5.91 Å². The maximum Gasteiger partial charge on any atom is 0.220 e. The molecule has 0 atom stereocenters. The van der Waals surface area contributed by atoms with Crippen molar-refractivity contribution in [3.05, 3.63) is 12.2 Å². The van der Waals surface area contributed by atoms with E-state index in [1.807, 2.05) is 0 Å². The topological polar surface area (TPSA) is 63.2 Å². The number of hydrogen-bond acceptors (Lipinski definition) is 3. The molecule has 0 aliphatic heterocycles. The predicted molar refractivity (Wildman–Crippen MR) is 57.4 cm³/mol. The Labute approximate surface area is 89.7 Å². The summed E-state index contributed by atoms with van der Waals surface area (Å²) in [4.78, 5) is 33.1. The highest BCUT2D eigenvalue weighted by Gasteiger charge is 2.08. The van der Waals surface area contributed by atoms with Gasteiger partial charge in [-0.25, -0.2) is 0 Å². The van der Waals surface area contributed by atoms with Crippen LogP contribution in [-0.4, -0.2) is 24.0 Å². The number of allylic oxidation sites excluding steroid dienone is 1. The first-order valence-electron chi connectivity index (χ1n) is 4.94. The highest BCUT2D eigenvalue weighted by Crippen LogP contribution is 1.98. The Bertz CT molecular complexity index is 282. The van der Waals surface area contributed by atoms with Gasteiger partial charge in [0, 0.05) is 19.3 Å². The molecule has 15 heavy (non-hydrogen) atoms. The van der Waals surface area contributed by atoms with Crippen molar-refractivity contribution in [3.8, 4) is 0 Å². The molecule has 0 aliphatic rings. The summed E-state index contributed by atoms with van der Waals surface area (Å²) in [6.07, 6.45) is 0.676. The lowest BCUT2D eigenvalue weighted by atomic mass is 10.1. The lowest BCUT2D eigenvalue weighted by molar-refractivity contribution is -0.126. The molecule has 4 heteroatoms. The van der Waals surface area contributed by atoms with E-state index < -0.39 is 0 Å². The number of nitrogens with one attached hydrogen (secondary N) is 1. The predicted octanol–water partition coefficient (Wildman–Crippen LogP) is 1.01. The SMILES string of the molecule is C=C(C)C(=O)CCC(=O)NCC(=O)CC. The molecule has 4 nitrogen and oxygen atoms in total. The number of carbonyl (C=O) groups is 3. The summed E-state index contributed by atoms with van der Waals surface area (Å²) in [7, 11) is 0. The van der Waals surface area contributed by atoms with E-state index in [0.717, 1.165) is 0 Å². The Morgan fingerprint density at radius 1 is 1.20 bits per heavy atom. The van der Waals surface area contributed by atoms with Crippen LogP contribution in [0.4, 0.5) is 0 Å². The number of carbonyl (C=O) groups excluding carboxylic acids is 3. The molecule has 1 amide bonds. The summed E-state index contributed by atoms with van der Waals surface area (Å²) in [6.45, 7) is 6.88. The highest BCUT2D eigenvalue weighted by molar-refractivity contribution is 5.96. The van der Waals surface area contributed by atoms with Crippen LogP contribution in [0.2, 0.25) is 0 Å². The summed E-state index contributed by atoms with van der Waals surface area (Å²) >= 11 is 0. The van der Waals surface area contributed by atoms with Gasteiger partial charge in [0.15, 0.2) is 11.6 Å². The van der Waals surface area contributed by atoms with E-state index in [4.69, 9.17) is 0 Å². The van der Waals surface area contributed by atoms with E-state index in [1.54, 1.807) is 13.8 Å². The normalized spacial score (nSPS) is 9.47. The van der Waals surface area contributed by atoms with E-state index >= 15 is 0 Å². The van der Waals surface area contributed by atoms with E-state index in [0.29, 0.717) is 12.0 Å². The van der Waals surface area contributed by atoms with Gasteiger partial charge < -0.3 is 5.32 Å². The van der Waals surface area contributed by atoms with Crippen molar-refractivity contribution in [2.24, 2.45) is 0 Å². The van der Waals surface area contributed by atoms with Gasteiger partial charge in [0.1, 0.15) is 0 Å². The zero-order chi connectivity index (χ0) is 11.8. The fraction of sp³-hybridized carbons (Fsp3) is 0.545. The zero-order valence-corrected chi connectivity index (χ0v) is 9.26. The third-order valence-corrected chi connectivity index (χ3v) is 1.93. The van der Waals surface area contributed by atoms with Crippen LogP contribution >= 0.6 is 0 Å². The molecule has 0 bridgehead atoms.